The van der Waals surface area contributed by atoms with Gasteiger partial charge in [-0.25, -0.2) is 0 Å². The predicted octanol–water partition coefficient (Wildman–Crippen LogP) is 3.40. The third kappa shape index (κ3) is 3.94. The molecular weight excluding hydrogens is 262 g/mol. The van der Waals surface area contributed by atoms with E-state index in [2.05, 4.69) is 32.8 Å². The molecule has 1 heterocycles. The van der Waals surface area contributed by atoms with Crippen molar-refractivity contribution in [2.75, 3.05) is 6.61 Å². The molecule has 0 amide bonds. The minimum atomic E-state index is -0.276. The van der Waals surface area contributed by atoms with Crippen molar-refractivity contribution < 1.29 is 4.74 Å². The molecule has 2 unspecified atom stereocenters. The van der Waals surface area contributed by atoms with E-state index in [4.69, 9.17) is 22.1 Å². The lowest BCUT2D eigenvalue weighted by Crippen LogP contribution is -2.40. The number of nitrogens with zero attached hydrogens (tertiary/aromatic N) is 2. The molecule has 1 aromatic rings. The van der Waals surface area contributed by atoms with E-state index in [0.29, 0.717) is 11.6 Å². The number of aromatic nitrogens is 2. The summed E-state index contributed by atoms with van der Waals surface area (Å²) in [6, 6.07) is -0.276. The number of hydrogen-bond acceptors (Lipinski definition) is 3. The van der Waals surface area contributed by atoms with E-state index in [1.807, 2.05) is 11.6 Å². The summed E-state index contributed by atoms with van der Waals surface area (Å²) in [6.45, 7) is 11.9. The second-order valence-corrected chi connectivity index (χ2v) is 6.28. The van der Waals surface area contributed by atoms with E-state index in [0.717, 1.165) is 18.7 Å². The Labute approximate surface area is 121 Å². The van der Waals surface area contributed by atoms with Crippen LogP contribution in [0.5, 0.6) is 0 Å². The Hall–Kier alpha value is -0.580. The van der Waals surface area contributed by atoms with Crippen LogP contribution in [0, 0.1) is 5.41 Å². The SMILES string of the molecule is CCCn1ncc(Cl)c1C(N)C(OCC)C(C)(C)C. The molecule has 0 radical (unpaired) electrons. The minimum Gasteiger partial charge on any atom is -0.376 e. The van der Waals surface area contributed by atoms with Crippen molar-refractivity contribution in [2.24, 2.45) is 11.1 Å². The van der Waals surface area contributed by atoms with Gasteiger partial charge in [0, 0.05) is 13.2 Å². The van der Waals surface area contributed by atoms with Crippen LogP contribution in [0.15, 0.2) is 6.20 Å². The van der Waals surface area contributed by atoms with Gasteiger partial charge in [0.25, 0.3) is 0 Å². The topological polar surface area (TPSA) is 53.1 Å². The maximum Gasteiger partial charge on any atom is 0.0835 e. The molecule has 2 atom stereocenters. The molecule has 0 saturated carbocycles. The van der Waals surface area contributed by atoms with E-state index >= 15 is 0 Å². The number of ether oxygens (including phenoxy) is 1. The highest BCUT2D eigenvalue weighted by molar-refractivity contribution is 6.31. The zero-order valence-electron chi connectivity index (χ0n) is 12.6. The van der Waals surface area contributed by atoms with Gasteiger partial charge < -0.3 is 10.5 Å². The van der Waals surface area contributed by atoms with Gasteiger partial charge in [-0.1, -0.05) is 39.3 Å². The van der Waals surface area contributed by atoms with Crippen LogP contribution in [0.4, 0.5) is 0 Å². The molecule has 1 aromatic heterocycles. The van der Waals surface area contributed by atoms with Crippen molar-refractivity contribution in [2.45, 2.75) is 59.7 Å². The Balaban J connectivity index is 3.08. The van der Waals surface area contributed by atoms with Crippen LogP contribution >= 0.6 is 11.6 Å². The zero-order valence-corrected chi connectivity index (χ0v) is 13.4. The second kappa shape index (κ2) is 6.73. The monoisotopic (exact) mass is 287 g/mol. The normalized spacial score (nSPS) is 15.5. The molecular formula is C14H26ClN3O. The highest BCUT2D eigenvalue weighted by Crippen LogP contribution is 2.34. The summed E-state index contributed by atoms with van der Waals surface area (Å²) in [5.74, 6) is 0. The molecule has 1 rings (SSSR count). The molecule has 2 N–H and O–H groups in total. The largest absolute Gasteiger partial charge is 0.376 e. The molecule has 0 aromatic carbocycles. The lowest BCUT2D eigenvalue weighted by Gasteiger charge is -2.35. The van der Waals surface area contributed by atoms with Gasteiger partial charge in [0.15, 0.2) is 0 Å². The van der Waals surface area contributed by atoms with Crippen LogP contribution in [0.25, 0.3) is 0 Å². The van der Waals surface area contributed by atoms with Crippen molar-refractivity contribution in [1.29, 1.82) is 0 Å². The quantitative estimate of drug-likeness (QED) is 0.872. The van der Waals surface area contributed by atoms with E-state index in [1.54, 1.807) is 6.20 Å². The summed E-state index contributed by atoms with van der Waals surface area (Å²) in [7, 11) is 0. The summed E-state index contributed by atoms with van der Waals surface area (Å²) in [6.07, 6.45) is 2.56. The first kappa shape index (κ1) is 16.5. The third-order valence-corrected chi connectivity index (χ3v) is 3.40. The summed E-state index contributed by atoms with van der Waals surface area (Å²) in [5.41, 5.74) is 7.23. The summed E-state index contributed by atoms with van der Waals surface area (Å²) >= 11 is 6.25. The molecule has 0 aliphatic rings. The fourth-order valence-electron chi connectivity index (χ4n) is 2.31. The summed E-state index contributed by atoms with van der Waals surface area (Å²) < 4.78 is 7.75. The Morgan fingerprint density at radius 2 is 2.05 bits per heavy atom. The standard InChI is InChI=1S/C14H26ClN3O/c1-6-8-18-12(10(15)9-17-18)11(16)13(19-7-2)14(3,4)5/h9,11,13H,6-8,16H2,1-5H3. The maximum absolute atomic E-state index is 6.42. The van der Waals surface area contributed by atoms with Crippen LogP contribution in [-0.4, -0.2) is 22.5 Å². The van der Waals surface area contributed by atoms with Crippen LogP contribution in [0.2, 0.25) is 5.02 Å². The smallest absolute Gasteiger partial charge is 0.0835 e. The third-order valence-electron chi connectivity index (χ3n) is 3.11. The minimum absolute atomic E-state index is 0.0555. The molecule has 5 heteroatoms. The lowest BCUT2D eigenvalue weighted by molar-refractivity contribution is -0.0299. The van der Waals surface area contributed by atoms with Crippen LogP contribution in [-0.2, 0) is 11.3 Å². The van der Waals surface area contributed by atoms with E-state index < -0.39 is 0 Å². The Kier molecular flexibility index (Phi) is 5.83. The molecule has 110 valence electrons. The van der Waals surface area contributed by atoms with Gasteiger partial charge in [0.2, 0.25) is 0 Å². The highest BCUT2D eigenvalue weighted by atomic mass is 35.5. The molecule has 0 aliphatic heterocycles. The van der Waals surface area contributed by atoms with Crippen molar-refractivity contribution in [3.63, 3.8) is 0 Å². The average Bonchev–Trinajstić information content (AvgIpc) is 2.66. The number of nitrogens with two attached hydrogens (primary N) is 1. The maximum atomic E-state index is 6.42. The van der Waals surface area contributed by atoms with E-state index in [9.17, 15) is 0 Å². The van der Waals surface area contributed by atoms with Gasteiger partial charge in [-0.2, -0.15) is 5.10 Å². The molecule has 0 saturated heterocycles. The average molecular weight is 288 g/mol. The van der Waals surface area contributed by atoms with E-state index in [1.165, 1.54) is 0 Å². The van der Waals surface area contributed by atoms with Crippen molar-refractivity contribution in [1.82, 2.24) is 9.78 Å². The van der Waals surface area contributed by atoms with Crippen LogP contribution in [0.3, 0.4) is 0 Å². The number of aryl methyl sites for hydroxylation is 1. The van der Waals surface area contributed by atoms with Crippen molar-refractivity contribution in [3.05, 3.63) is 16.9 Å². The van der Waals surface area contributed by atoms with Crippen molar-refractivity contribution >= 4 is 11.6 Å². The van der Waals surface area contributed by atoms with Crippen LogP contribution in [0.1, 0.15) is 52.8 Å². The van der Waals surface area contributed by atoms with Crippen molar-refractivity contribution in [3.8, 4) is 0 Å². The Morgan fingerprint density at radius 1 is 1.42 bits per heavy atom. The molecule has 0 aliphatic carbocycles. The molecule has 19 heavy (non-hydrogen) atoms. The van der Waals surface area contributed by atoms with Gasteiger partial charge in [0.1, 0.15) is 0 Å². The highest BCUT2D eigenvalue weighted by Gasteiger charge is 2.34. The first-order chi connectivity index (χ1) is 8.82. The van der Waals surface area contributed by atoms with E-state index in [-0.39, 0.29) is 17.6 Å². The lowest BCUT2D eigenvalue weighted by atomic mass is 9.83. The summed E-state index contributed by atoms with van der Waals surface area (Å²) in [4.78, 5) is 0. The Morgan fingerprint density at radius 3 is 2.53 bits per heavy atom. The van der Waals surface area contributed by atoms with Crippen LogP contribution < -0.4 is 5.73 Å². The number of hydrogen-bond donors (Lipinski definition) is 1. The van der Waals surface area contributed by atoms with Gasteiger partial charge in [-0.15, -0.1) is 0 Å². The number of rotatable bonds is 6. The molecule has 0 spiro atoms. The van der Waals surface area contributed by atoms with Gasteiger partial charge >= 0.3 is 0 Å². The molecule has 0 bridgehead atoms. The van der Waals surface area contributed by atoms with Gasteiger partial charge in [-0.3, -0.25) is 4.68 Å². The van der Waals surface area contributed by atoms with Gasteiger partial charge in [-0.05, 0) is 18.8 Å². The molecule has 0 fully saturated rings. The predicted molar refractivity (Wildman–Crippen MR) is 79.3 cm³/mol. The van der Waals surface area contributed by atoms with Gasteiger partial charge in [0.05, 0.1) is 29.1 Å². The zero-order chi connectivity index (χ0) is 14.6. The molecule has 4 nitrogen and oxygen atoms in total. The second-order valence-electron chi connectivity index (χ2n) is 5.87. The first-order valence-electron chi connectivity index (χ1n) is 6.91. The number of halogens is 1. The fraction of sp³-hybridized carbons (Fsp3) is 0.786. The first-order valence-corrected chi connectivity index (χ1v) is 7.29. The summed E-state index contributed by atoms with van der Waals surface area (Å²) in [5, 5.41) is 4.92. The Bertz CT molecular complexity index is 398. The fourth-order valence-corrected chi connectivity index (χ4v) is 2.58.